The molecule has 0 aliphatic heterocycles. The topological polar surface area (TPSA) is 141 Å². The zero-order chi connectivity index (χ0) is 12.3. The van der Waals surface area contributed by atoms with Crippen LogP contribution in [0.4, 0.5) is 0 Å². The molecule has 0 aliphatic carbocycles. The Morgan fingerprint density at radius 2 is 1.47 bits per heavy atom. The van der Waals surface area contributed by atoms with Gasteiger partial charge < -0.3 is 24.3 Å². The van der Waals surface area contributed by atoms with Gasteiger partial charge in [0, 0.05) is 0 Å². The van der Waals surface area contributed by atoms with Crippen LogP contribution in [0.5, 0.6) is 0 Å². The van der Waals surface area contributed by atoms with Gasteiger partial charge in [-0.15, -0.1) is 0 Å². The summed E-state index contributed by atoms with van der Waals surface area (Å²) in [5.74, 6) is -2.78. The molecule has 8 nitrogen and oxygen atoms in total. The summed E-state index contributed by atoms with van der Waals surface area (Å²) in [6.07, 6.45) is -2.20. The largest absolute Gasteiger partial charge is 0.392 e. The molecule has 0 aromatic rings. The highest BCUT2D eigenvalue weighted by Gasteiger charge is 2.24. The predicted molar refractivity (Wildman–Crippen MR) is 51.6 cm³/mol. The Labute approximate surface area is 89.2 Å². The van der Waals surface area contributed by atoms with Crippen LogP contribution in [-0.2, 0) is 30.7 Å². The first-order valence-electron chi connectivity index (χ1n) is 3.32. The van der Waals surface area contributed by atoms with Crippen molar-refractivity contribution in [2.75, 3.05) is 12.3 Å². The van der Waals surface area contributed by atoms with Crippen LogP contribution in [0.15, 0.2) is 0 Å². The third kappa shape index (κ3) is 10.1. The quantitative estimate of drug-likeness (QED) is 0.275. The van der Waals surface area contributed by atoms with E-state index in [1.165, 1.54) is 0 Å². The Kier molecular flexibility index (Phi) is 5.22. The molecule has 88 valence electrons. The van der Waals surface area contributed by atoms with Crippen LogP contribution in [0.3, 0.4) is 0 Å². The molecule has 0 aromatic carbocycles. The van der Waals surface area contributed by atoms with E-state index in [0.717, 1.165) is 0 Å². The van der Waals surface area contributed by atoms with Gasteiger partial charge in [-0.25, -0.2) is 0 Å². The highest BCUT2D eigenvalue weighted by atomic mass is 32.5. The third-order valence-corrected chi connectivity index (χ3v) is 2.63. The van der Waals surface area contributed by atoms with Crippen molar-refractivity contribution in [1.29, 1.82) is 0 Å². The second-order valence-corrected chi connectivity index (χ2v) is 7.54. The summed E-state index contributed by atoms with van der Waals surface area (Å²) >= 11 is 4.08. The van der Waals surface area contributed by atoms with Gasteiger partial charge in [-0.3, -0.25) is 14.2 Å². The fourth-order valence-corrected chi connectivity index (χ4v) is 1.65. The Morgan fingerprint density at radius 1 is 1.07 bits per heavy atom. The summed E-state index contributed by atoms with van der Waals surface area (Å²) < 4.78 is 14.2. The van der Waals surface area contributed by atoms with E-state index >= 15 is 0 Å². The first-order chi connectivity index (χ1) is 6.49. The van der Waals surface area contributed by atoms with Gasteiger partial charge in [0.1, 0.15) is 12.3 Å². The Balaban J connectivity index is 4.16. The zero-order valence-corrected chi connectivity index (χ0v) is 9.74. The minimum atomic E-state index is -4.60. The standard InChI is InChI=1S/C4H8O8P2S/c5-3(1-13(7,8)9)12-4(6)2-14(10,11)15/h1-2H2,(H2,7,8,9)(H2,10,11,15). The SMILES string of the molecule is O=C(CP(=O)(O)O)OC(=O)CP(O)(O)=S. The number of carbonyl (C=O) groups excluding carboxylic acids is 2. The normalized spacial score (nSPS) is 12.3. The summed E-state index contributed by atoms with van der Waals surface area (Å²) in [5, 5.41) is 0. The van der Waals surface area contributed by atoms with Gasteiger partial charge in [-0.1, -0.05) is 0 Å². The van der Waals surface area contributed by atoms with E-state index in [2.05, 4.69) is 16.5 Å². The molecule has 0 rings (SSSR count). The minimum absolute atomic E-state index is 0.949. The summed E-state index contributed by atoms with van der Waals surface area (Å²) in [6, 6.07) is 0. The lowest BCUT2D eigenvalue weighted by Crippen LogP contribution is -2.18. The molecule has 0 unspecified atom stereocenters. The molecule has 0 amide bonds. The molecule has 0 fully saturated rings. The summed E-state index contributed by atoms with van der Waals surface area (Å²) in [6.45, 7) is -3.82. The molecule has 0 atom stereocenters. The van der Waals surface area contributed by atoms with E-state index in [1.807, 2.05) is 0 Å². The van der Waals surface area contributed by atoms with Crippen molar-refractivity contribution < 1.29 is 38.5 Å². The monoisotopic (exact) mass is 278 g/mol. The van der Waals surface area contributed by atoms with Gasteiger partial charge in [0.2, 0.25) is 0 Å². The number of carbonyl (C=O) groups is 2. The van der Waals surface area contributed by atoms with Crippen molar-refractivity contribution in [2.24, 2.45) is 0 Å². The van der Waals surface area contributed by atoms with E-state index in [1.54, 1.807) is 0 Å². The second-order valence-electron chi connectivity index (χ2n) is 2.49. The Hall–Kier alpha value is -0.140. The lowest BCUT2D eigenvalue weighted by Gasteiger charge is -2.06. The molecule has 0 saturated carbocycles. The molecule has 0 radical (unpaired) electrons. The van der Waals surface area contributed by atoms with Gasteiger partial charge in [0.25, 0.3) is 0 Å². The van der Waals surface area contributed by atoms with Crippen molar-refractivity contribution in [3.05, 3.63) is 0 Å². The molecule has 0 aliphatic rings. The highest BCUT2D eigenvalue weighted by molar-refractivity contribution is 8.09. The average Bonchev–Trinajstić information content (AvgIpc) is 1.73. The van der Waals surface area contributed by atoms with E-state index in [-0.39, 0.29) is 0 Å². The Bertz CT molecular complexity index is 318. The molecular weight excluding hydrogens is 270 g/mol. The maximum atomic E-state index is 10.7. The van der Waals surface area contributed by atoms with E-state index in [0.29, 0.717) is 0 Å². The number of esters is 2. The number of hydrogen-bond donors (Lipinski definition) is 4. The molecular formula is C4H8O8P2S. The molecule has 15 heavy (non-hydrogen) atoms. The lowest BCUT2D eigenvalue weighted by molar-refractivity contribution is -0.155. The van der Waals surface area contributed by atoms with Crippen LogP contribution in [0.2, 0.25) is 0 Å². The van der Waals surface area contributed by atoms with Gasteiger partial charge in [-0.2, -0.15) is 0 Å². The van der Waals surface area contributed by atoms with Crippen LogP contribution in [-0.4, -0.2) is 43.8 Å². The van der Waals surface area contributed by atoms with Crippen molar-refractivity contribution in [1.82, 2.24) is 0 Å². The number of hydrogen-bond acceptors (Lipinski definition) is 5. The fraction of sp³-hybridized carbons (Fsp3) is 0.500. The summed E-state index contributed by atoms with van der Waals surface area (Å²) in [7, 11) is -4.60. The van der Waals surface area contributed by atoms with Gasteiger partial charge in [-0.05, 0) is 11.8 Å². The molecule has 4 N–H and O–H groups in total. The molecule has 0 aromatic heterocycles. The molecule has 0 bridgehead atoms. The maximum Gasteiger partial charge on any atom is 0.336 e. The van der Waals surface area contributed by atoms with E-state index in [9.17, 15) is 14.2 Å². The van der Waals surface area contributed by atoms with E-state index in [4.69, 9.17) is 19.6 Å². The van der Waals surface area contributed by atoms with Crippen LogP contribution >= 0.6 is 14.1 Å². The Morgan fingerprint density at radius 3 is 1.80 bits per heavy atom. The third-order valence-electron chi connectivity index (χ3n) is 0.898. The van der Waals surface area contributed by atoms with Crippen LogP contribution in [0.25, 0.3) is 0 Å². The van der Waals surface area contributed by atoms with Crippen LogP contribution in [0, 0.1) is 0 Å². The van der Waals surface area contributed by atoms with Crippen molar-refractivity contribution >= 4 is 37.8 Å². The smallest absolute Gasteiger partial charge is 0.336 e. The number of rotatable bonds is 4. The van der Waals surface area contributed by atoms with Crippen molar-refractivity contribution in [3.8, 4) is 0 Å². The van der Waals surface area contributed by atoms with Gasteiger partial charge in [0.05, 0.1) is 0 Å². The molecule has 0 spiro atoms. The van der Waals surface area contributed by atoms with E-state index < -0.39 is 38.3 Å². The molecule has 0 saturated heterocycles. The lowest BCUT2D eigenvalue weighted by atomic mass is 10.7. The summed E-state index contributed by atoms with van der Waals surface area (Å²) in [4.78, 5) is 55.3. The molecule has 0 heterocycles. The second kappa shape index (κ2) is 5.27. The van der Waals surface area contributed by atoms with Crippen molar-refractivity contribution in [2.45, 2.75) is 0 Å². The molecule has 11 heteroatoms. The van der Waals surface area contributed by atoms with Crippen molar-refractivity contribution in [3.63, 3.8) is 0 Å². The first kappa shape index (κ1) is 14.9. The van der Waals surface area contributed by atoms with Crippen LogP contribution < -0.4 is 0 Å². The maximum absolute atomic E-state index is 10.7. The average molecular weight is 278 g/mol. The minimum Gasteiger partial charge on any atom is -0.392 e. The number of ether oxygens (including phenoxy) is 1. The van der Waals surface area contributed by atoms with Gasteiger partial charge >= 0.3 is 19.5 Å². The van der Waals surface area contributed by atoms with Crippen LogP contribution in [0.1, 0.15) is 0 Å². The summed E-state index contributed by atoms with van der Waals surface area (Å²) in [5.41, 5.74) is 0. The highest BCUT2D eigenvalue weighted by Crippen LogP contribution is 2.36. The zero-order valence-electron chi connectivity index (χ0n) is 7.14. The predicted octanol–water partition coefficient (Wildman–Crippen LogP) is -1.47. The first-order valence-corrected chi connectivity index (χ1v) is 8.01. The van der Waals surface area contributed by atoms with Gasteiger partial charge in [0.15, 0.2) is 6.49 Å². The fourth-order valence-electron chi connectivity index (χ4n) is 0.528.